The van der Waals surface area contributed by atoms with E-state index in [-0.39, 0.29) is 25.0 Å². The van der Waals surface area contributed by atoms with E-state index in [9.17, 15) is 9.59 Å². The van der Waals surface area contributed by atoms with E-state index < -0.39 is 5.97 Å². The predicted octanol–water partition coefficient (Wildman–Crippen LogP) is 8.60. The number of benzene rings is 4. The quantitative estimate of drug-likeness (QED) is 0.123. The van der Waals surface area contributed by atoms with Gasteiger partial charge in [-0.05, 0) is 84.3 Å². The normalized spacial score (nSPS) is 10.9. The monoisotopic (exact) mass is 578 g/mol. The summed E-state index contributed by atoms with van der Waals surface area (Å²) in [6.07, 6.45) is 4.78. The lowest BCUT2D eigenvalue weighted by Gasteiger charge is -2.22. The molecule has 0 spiro atoms. The molecule has 0 aromatic heterocycles. The highest BCUT2D eigenvalue weighted by Gasteiger charge is 2.17. The largest absolute Gasteiger partial charge is 0.491 e. The van der Waals surface area contributed by atoms with Gasteiger partial charge in [0, 0.05) is 17.7 Å². The Kier molecular flexibility index (Phi) is 11.4. The molecule has 0 bridgehead atoms. The third-order valence-corrected chi connectivity index (χ3v) is 7.41. The summed E-state index contributed by atoms with van der Waals surface area (Å²) in [6.45, 7) is 6.57. The van der Waals surface area contributed by atoms with Crippen LogP contribution in [0.5, 0.6) is 5.75 Å². The molecule has 1 amide bonds. The van der Waals surface area contributed by atoms with Gasteiger partial charge in [0.25, 0.3) is 5.91 Å². The molecule has 0 aliphatic rings. The summed E-state index contributed by atoms with van der Waals surface area (Å²) in [7, 11) is 0. The van der Waals surface area contributed by atoms with Gasteiger partial charge in [0.05, 0.1) is 18.3 Å². The van der Waals surface area contributed by atoms with Gasteiger partial charge in [-0.15, -0.1) is 0 Å². The molecular weight excluding hydrogens is 536 g/mol. The van der Waals surface area contributed by atoms with Crippen molar-refractivity contribution < 1.29 is 19.4 Å². The Labute approximate surface area is 255 Å². The Morgan fingerprint density at radius 2 is 1.42 bits per heavy atom. The molecule has 0 unspecified atom stereocenters. The minimum atomic E-state index is -0.861. The number of aliphatic carboxylic acids is 1. The van der Waals surface area contributed by atoms with Crippen LogP contribution in [0.25, 0.3) is 0 Å². The molecule has 0 saturated carbocycles. The van der Waals surface area contributed by atoms with Crippen molar-refractivity contribution in [3.63, 3.8) is 0 Å². The van der Waals surface area contributed by atoms with Crippen molar-refractivity contribution in [3.8, 4) is 5.75 Å². The van der Waals surface area contributed by atoms with Gasteiger partial charge in [-0.2, -0.15) is 0 Å². The highest BCUT2D eigenvalue weighted by Crippen LogP contribution is 2.30. The third kappa shape index (κ3) is 8.95. The SMILES string of the molecule is CCCc1ccc(C(Nc2ccc(C(=O)Nc3ccccc3OCCCC(=O)O)c(C)c2)c2ccc(CCC)cc2)cc1. The first-order chi connectivity index (χ1) is 20.9. The Balaban J connectivity index is 1.52. The lowest BCUT2D eigenvalue weighted by atomic mass is 9.95. The highest BCUT2D eigenvalue weighted by atomic mass is 16.5. The first-order valence-electron chi connectivity index (χ1n) is 15.2. The molecule has 0 aliphatic heterocycles. The van der Waals surface area contributed by atoms with Crippen LogP contribution in [-0.4, -0.2) is 23.6 Å². The maximum absolute atomic E-state index is 13.3. The minimum absolute atomic E-state index is 0.0310. The van der Waals surface area contributed by atoms with E-state index in [2.05, 4.69) is 73.0 Å². The van der Waals surface area contributed by atoms with Crippen LogP contribution in [0.1, 0.15) is 83.7 Å². The number of aryl methyl sites for hydroxylation is 3. The molecule has 6 heteroatoms. The van der Waals surface area contributed by atoms with Crippen LogP contribution in [0.2, 0.25) is 0 Å². The Morgan fingerprint density at radius 3 is 1.98 bits per heavy atom. The second-order valence-corrected chi connectivity index (χ2v) is 10.9. The number of carbonyl (C=O) groups excluding carboxylic acids is 1. The van der Waals surface area contributed by atoms with Crippen molar-refractivity contribution >= 4 is 23.3 Å². The zero-order valence-corrected chi connectivity index (χ0v) is 25.4. The fourth-order valence-corrected chi connectivity index (χ4v) is 5.16. The Hall–Kier alpha value is -4.58. The van der Waals surface area contributed by atoms with Crippen LogP contribution in [-0.2, 0) is 17.6 Å². The van der Waals surface area contributed by atoms with Crippen LogP contribution < -0.4 is 15.4 Å². The number of rotatable bonds is 15. The van der Waals surface area contributed by atoms with Gasteiger partial charge in [0.1, 0.15) is 5.75 Å². The van der Waals surface area contributed by atoms with Crippen LogP contribution in [0.3, 0.4) is 0 Å². The summed E-state index contributed by atoms with van der Waals surface area (Å²) in [5.74, 6) is -0.588. The van der Waals surface area contributed by atoms with Gasteiger partial charge >= 0.3 is 5.97 Å². The summed E-state index contributed by atoms with van der Waals surface area (Å²) in [5.41, 5.74) is 7.92. The van der Waals surface area contributed by atoms with Crippen LogP contribution in [0.4, 0.5) is 11.4 Å². The molecule has 43 heavy (non-hydrogen) atoms. The van der Waals surface area contributed by atoms with Gasteiger partial charge in [0.15, 0.2) is 0 Å². The van der Waals surface area contributed by atoms with E-state index in [1.807, 2.05) is 37.3 Å². The highest BCUT2D eigenvalue weighted by molar-refractivity contribution is 6.06. The molecule has 0 heterocycles. The minimum Gasteiger partial charge on any atom is -0.491 e. The topological polar surface area (TPSA) is 87.7 Å². The second kappa shape index (κ2) is 15.6. The van der Waals surface area contributed by atoms with Crippen LogP contribution in [0.15, 0.2) is 91.0 Å². The van der Waals surface area contributed by atoms with Gasteiger partial charge < -0.3 is 20.5 Å². The summed E-state index contributed by atoms with van der Waals surface area (Å²) < 4.78 is 5.76. The molecule has 0 fully saturated rings. The summed E-state index contributed by atoms with van der Waals surface area (Å²) in [6, 6.07) is 30.6. The zero-order chi connectivity index (χ0) is 30.6. The number of carbonyl (C=O) groups is 2. The molecule has 224 valence electrons. The number of amides is 1. The molecule has 0 aliphatic carbocycles. The average molecular weight is 579 g/mol. The van der Waals surface area contributed by atoms with Crippen LogP contribution in [0, 0.1) is 6.92 Å². The summed E-state index contributed by atoms with van der Waals surface area (Å²) >= 11 is 0. The number of hydrogen-bond donors (Lipinski definition) is 3. The molecule has 0 atom stereocenters. The zero-order valence-electron chi connectivity index (χ0n) is 25.4. The smallest absolute Gasteiger partial charge is 0.303 e. The molecule has 4 aromatic carbocycles. The van der Waals surface area contributed by atoms with Gasteiger partial charge in [0.2, 0.25) is 0 Å². The number of para-hydroxylation sites is 2. The number of ether oxygens (including phenoxy) is 1. The maximum Gasteiger partial charge on any atom is 0.303 e. The van der Waals surface area contributed by atoms with E-state index in [1.54, 1.807) is 12.1 Å². The first-order valence-corrected chi connectivity index (χ1v) is 15.2. The number of nitrogens with one attached hydrogen (secondary N) is 2. The molecule has 0 saturated heterocycles. The first kappa shape index (κ1) is 31.4. The fraction of sp³-hybridized carbons (Fsp3) is 0.297. The lowest BCUT2D eigenvalue weighted by molar-refractivity contribution is -0.137. The maximum atomic E-state index is 13.3. The van der Waals surface area contributed by atoms with E-state index in [0.717, 1.165) is 36.9 Å². The Bertz CT molecular complexity index is 1450. The van der Waals surface area contributed by atoms with Gasteiger partial charge in [-0.1, -0.05) is 87.4 Å². The molecule has 4 aromatic rings. The molecule has 0 radical (unpaired) electrons. The standard InChI is InChI=1S/C37H42N2O4/c1-4-9-27-14-18-29(19-15-27)36(30-20-16-28(10-5-2)17-21-30)38-31-22-23-32(26(3)25-31)37(42)39-33-11-6-7-12-34(33)43-24-8-13-35(40)41/h6-7,11-12,14-23,25,36,38H,4-5,8-10,13,24H2,1-3H3,(H,39,42)(H,40,41). The fourth-order valence-electron chi connectivity index (χ4n) is 5.16. The average Bonchev–Trinajstić information content (AvgIpc) is 3.00. The van der Waals surface area contributed by atoms with Crippen molar-refractivity contribution in [2.45, 2.75) is 65.3 Å². The van der Waals surface area contributed by atoms with Gasteiger partial charge in [-0.25, -0.2) is 0 Å². The van der Waals surface area contributed by atoms with Crippen LogP contribution >= 0.6 is 0 Å². The van der Waals surface area contributed by atoms with Crippen molar-refractivity contribution in [1.82, 2.24) is 0 Å². The number of hydrogen-bond acceptors (Lipinski definition) is 4. The predicted molar refractivity (Wildman–Crippen MR) is 174 cm³/mol. The number of carboxylic acid groups (broad SMARTS) is 1. The molecular formula is C37H42N2O4. The lowest BCUT2D eigenvalue weighted by Crippen LogP contribution is -2.16. The van der Waals surface area contributed by atoms with Crippen molar-refractivity contribution in [2.75, 3.05) is 17.2 Å². The van der Waals surface area contributed by atoms with E-state index in [4.69, 9.17) is 9.84 Å². The molecule has 3 N–H and O–H groups in total. The third-order valence-electron chi connectivity index (χ3n) is 7.41. The molecule has 6 nitrogen and oxygen atoms in total. The van der Waals surface area contributed by atoms with Gasteiger partial charge in [-0.3, -0.25) is 9.59 Å². The Morgan fingerprint density at radius 1 is 0.814 bits per heavy atom. The summed E-state index contributed by atoms with van der Waals surface area (Å²) in [5, 5.41) is 15.5. The van der Waals surface area contributed by atoms with Crippen molar-refractivity contribution in [2.24, 2.45) is 0 Å². The van der Waals surface area contributed by atoms with Crippen molar-refractivity contribution in [3.05, 3.63) is 124 Å². The number of carboxylic acids is 1. The second-order valence-electron chi connectivity index (χ2n) is 10.9. The number of anilines is 2. The van der Waals surface area contributed by atoms with Crippen molar-refractivity contribution in [1.29, 1.82) is 0 Å². The molecule has 4 rings (SSSR count). The van der Waals surface area contributed by atoms with E-state index in [0.29, 0.717) is 23.4 Å². The summed E-state index contributed by atoms with van der Waals surface area (Å²) in [4.78, 5) is 24.1. The van der Waals surface area contributed by atoms with E-state index >= 15 is 0 Å². The van der Waals surface area contributed by atoms with E-state index in [1.165, 1.54) is 22.3 Å².